The van der Waals surface area contributed by atoms with Gasteiger partial charge >= 0.3 is 65.1 Å². The van der Waals surface area contributed by atoms with Crippen molar-refractivity contribution in [2.24, 2.45) is 0 Å². The van der Waals surface area contributed by atoms with Crippen molar-refractivity contribution in [3.8, 4) is 0 Å². The molecule has 80 valence electrons. The number of aliphatic hydroxyl groups is 1. The molecule has 0 radical (unpaired) electrons. The molecule has 0 aromatic rings. The predicted octanol–water partition coefficient (Wildman–Crippen LogP) is -9.30. The molecule has 1 atom stereocenters. The van der Waals surface area contributed by atoms with Crippen molar-refractivity contribution in [3.05, 3.63) is 0 Å². The van der Waals surface area contributed by atoms with Crippen molar-refractivity contribution < 1.29 is 93.1 Å². The zero-order valence-electron chi connectivity index (χ0n) is 8.69. The first kappa shape index (κ1) is 21.9. The number of carboxylic acids is 2. The standard InChI is InChI=1S/C6H7ClO7.2Na/c7-14-4(10)2-6(13,5(11)12)1-3(8)9;;/h13H,1-2H2,(H,8,9)(H,11,12);;/q;2*+1/p-2. The van der Waals surface area contributed by atoms with Crippen molar-refractivity contribution in [3.63, 3.8) is 0 Å². The first-order valence-electron chi connectivity index (χ1n) is 3.27. The molecule has 0 fully saturated rings. The molecule has 0 bridgehead atoms. The molecule has 10 heteroatoms. The quantitative estimate of drug-likeness (QED) is 0.491. The fraction of sp³-hybridized carbons (Fsp3) is 0.500. The molecule has 16 heavy (non-hydrogen) atoms. The summed E-state index contributed by atoms with van der Waals surface area (Å²) in [6.45, 7) is 0. The average molecular weight is 271 g/mol. The van der Waals surface area contributed by atoms with Crippen molar-refractivity contribution in [1.29, 1.82) is 0 Å². The van der Waals surface area contributed by atoms with Crippen LogP contribution in [0.15, 0.2) is 0 Å². The minimum absolute atomic E-state index is 0. The second-order valence-corrected chi connectivity index (χ2v) is 2.65. The second-order valence-electron chi connectivity index (χ2n) is 2.49. The van der Waals surface area contributed by atoms with E-state index in [0.717, 1.165) is 0 Å². The zero-order valence-corrected chi connectivity index (χ0v) is 13.4. The Morgan fingerprint density at radius 1 is 1.19 bits per heavy atom. The Kier molecular flexibility index (Phi) is 13.2. The van der Waals surface area contributed by atoms with Gasteiger partial charge in [0, 0.05) is 12.4 Å². The van der Waals surface area contributed by atoms with E-state index in [2.05, 4.69) is 16.2 Å². The minimum Gasteiger partial charge on any atom is -0.550 e. The number of rotatable bonds is 5. The van der Waals surface area contributed by atoms with Crippen LogP contribution in [0, 0.1) is 0 Å². The summed E-state index contributed by atoms with van der Waals surface area (Å²) in [5, 5.41) is 29.5. The molecule has 0 aliphatic carbocycles. The maximum Gasteiger partial charge on any atom is 1.00 e. The Balaban J connectivity index is -0.000000845. The van der Waals surface area contributed by atoms with Crippen LogP contribution in [0.2, 0.25) is 0 Å². The number of carbonyl (C=O) groups is 3. The van der Waals surface area contributed by atoms with Crippen LogP contribution in [0.5, 0.6) is 0 Å². The van der Waals surface area contributed by atoms with Crippen LogP contribution in [0.4, 0.5) is 0 Å². The molecular formula is C6H5ClNa2O7. The third-order valence-corrected chi connectivity index (χ3v) is 1.51. The molecule has 1 N–H and O–H groups in total. The molecule has 1 unspecified atom stereocenters. The predicted molar refractivity (Wildman–Crippen MR) is 36.1 cm³/mol. The summed E-state index contributed by atoms with van der Waals surface area (Å²) < 4.78 is 3.55. The van der Waals surface area contributed by atoms with E-state index in [9.17, 15) is 24.6 Å². The smallest absolute Gasteiger partial charge is 0.550 e. The summed E-state index contributed by atoms with van der Waals surface area (Å²) in [4.78, 5) is 30.8. The molecule has 0 aromatic heterocycles. The normalized spacial score (nSPS) is 12.4. The van der Waals surface area contributed by atoms with Gasteiger partial charge in [0.2, 0.25) is 0 Å². The third-order valence-electron chi connectivity index (χ3n) is 1.34. The van der Waals surface area contributed by atoms with Crippen LogP contribution in [-0.2, 0) is 18.7 Å². The summed E-state index contributed by atoms with van der Waals surface area (Å²) in [5.74, 6) is -5.26. The van der Waals surface area contributed by atoms with Crippen molar-refractivity contribution in [2.75, 3.05) is 0 Å². The summed E-state index contributed by atoms with van der Waals surface area (Å²) >= 11 is 4.56. The van der Waals surface area contributed by atoms with Crippen LogP contribution in [0.25, 0.3) is 0 Å². The summed E-state index contributed by atoms with van der Waals surface area (Å²) in [7, 11) is 0. The summed E-state index contributed by atoms with van der Waals surface area (Å²) in [6.07, 6.45) is -2.42. The van der Waals surface area contributed by atoms with E-state index in [1.807, 2.05) is 0 Å². The molecule has 0 aromatic carbocycles. The topological polar surface area (TPSA) is 127 Å². The molecule has 0 saturated carbocycles. The Morgan fingerprint density at radius 3 is 1.88 bits per heavy atom. The molecule has 0 rings (SSSR count). The van der Waals surface area contributed by atoms with E-state index in [0.29, 0.717) is 0 Å². The number of carboxylic acid groups (broad SMARTS) is 2. The summed E-state index contributed by atoms with van der Waals surface area (Å²) in [6, 6.07) is 0. The van der Waals surface area contributed by atoms with Crippen LogP contribution in [0.1, 0.15) is 12.8 Å². The fourth-order valence-electron chi connectivity index (χ4n) is 0.712. The van der Waals surface area contributed by atoms with E-state index in [1.165, 1.54) is 0 Å². The van der Waals surface area contributed by atoms with Gasteiger partial charge < -0.3 is 29.2 Å². The van der Waals surface area contributed by atoms with Gasteiger partial charge in [-0.25, -0.2) is 0 Å². The van der Waals surface area contributed by atoms with E-state index in [4.69, 9.17) is 5.11 Å². The van der Waals surface area contributed by atoms with Crippen molar-refractivity contribution >= 4 is 29.8 Å². The fourth-order valence-corrected chi connectivity index (χ4v) is 0.766. The zero-order chi connectivity index (χ0) is 11.4. The first-order valence-corrected chi connectivity index (χ1v) is 3.58. The average Bonchev–Trinajstić information content (AvgIpc) is 2.02. The van der Waals surface area contributed by atoms with Gasteiger partial charge in [0.1, 0.15) is 17.5 Å². The van der Waals surface area contributed by atoms with E-state index < -0.39 is 36.4 Å². The number of aliphatic carboxylic acids is 2. The first-order chi connectivity index (χ1) is 6.31. The Morgan fingerprint density at radius 2 is 1.62 bits per heavy atom. The van der Waals surface area contributed by atoms with Gasteiger partial charge in [-0.2, -0.15) is 0 Å². The molecule has 0 saturated heterocycles. The maximum absolute atomic E-state index is 10.5. The molecule has 0 spiro atoms. The largest absolute Gasteiger partial charge is 1.00 e. The monoisotopic (exact) mass is 270 g/mol. The molecular weight excluding hydrogens is 265 g/mol. The third kappa shape index (κ3) is 7.86. The summed E-state index contributed by atoms with van der Waals surface area (Å²) in [5.41, 5.74) is -2.87. The van der Waals surface area contributed by atoms with Crippen molar-refractivity contribution in [2.45, 2.75) is 18.4 Å². The van der Waals surface area contributed by atoms with Gasteiger partial charge in [-0.05, 0) is 0 Å². The molecule has 7 nitrogen and oxygen atoms in total. The van der Waals surface area contributed by atoms with Gasteiger partial charge in [0.05, 0.1) is 12.4 Å². The molecule has 0 amide bonds. The van der Waals surface area contributed by atoms with E-state index in [-0.39, 0.29) is 59.1 Å². The number of hydrogen-bond donors (Lipinski definition) is 1. The second kappa shape index (κ2) is 9.67. The van der Waals surface area contributed by atoms with E-state index >= 15 is 0 Å². The SMILES string of the molecule is O=C([O-])CC(O)(CC(=O)OCl)C(=O)[O-].[Na+].[Na+]. The number of hydrogen-bond acceptors (Lipinski definition) is 7. The van der Waals surface area contributed by atoms with Crippen molar-refractivity contribution in [1.82, 2.24) is 0 Å². The Labute approximate surface area is 140 Å². The molecule has 0 heterocycles. The van der Waals surface area contributed by atoms with Crippen LogP contribution in [-0.4, -0.2) is 28.6 Å². The Hall–Kier alpha value is 0.660. The maximum atomic E-state index is 10.5. The number of carbonyl (C=O) groups excluding carboxylic acids is 3. The van der Waals surface area contributed by atoms with Crippen LogP contribution < -0.4 is 69.3 Å². The molecule has 0 aliphatic heterocycles. The van der Waals surface area contributed by atoms with Gasteiger partial charge in [-0.15, -0.1) is 0 Å². The minimum atomic E-state index is -2.87. The number of halogens is 1. The van der Waals surface area contributed by atoms with Gasteiger partial charge in [-0.3, -0.25) is 4.79 Å². The van der Waals surface area contributed by atoms with Gasteiger partial charge in [0.25, 0.3) is 0 Å². The Bertz CT molecular complexity index is 272. The van der Waals surface area contributed by atoms with Gasteiger partial charge in [0.15, 0.2) is 0 Å². The van der Waals surface area contributed by atoms with Gasteiger partial charge in [-0.1, -0.05) is 0 Å². The van der Waals surface area contributed by atoms with E-state index in [1.54, 1.807) is 0 Å². The van der Waals surface area contributed by atoms with Crippen LogP contribution in [0.3, 0.4) is 0 Å². The molecule has 0 aliphatic rings. The van der Waals surface area contributed by atoms with Crippen LogP contribution >= 0.6 is 11.9 Å².